The lowest BCUT2D eigenvalue weighted by molar-refractivity contribution is 0.674. The average molecular weight is 1940 g/mol. The highest BCUT2D eigenvalue weighted by atomic mass is 32.1. The molecule has 150 heavy (non-hydrogen) atoms. The Balaban J connectivity index is 0.000000142. The summed E-state index contributed by atoms with van der Waals surface area (Å²) in [6.07, 6.45) is 0. The molecule has 4 heterocycles. The largest absolute Gasteiger partial charge is 0.455 e. The van der Waals surface area contributed by atoms with Gasteiger partial charge in [-0.25, -0.2) is 0 Å². The standard InChI is InChI=1S/C76H47NO2.C68H43NS2/c1-3-17-48(18-4-1)50-33-39-56(40-34-50)77(57-41-35-51(36-42-57)49-19-5-2-6-20-49)58-43-37-52(38-44-58)53-45-54(59-29-15-31-69-71-65-25-11-7-21-61(65)63-23-9-13-27-67(63)75(71)78-73(59)69)47-55(46-53)60-30-16-32-70-72-66-26-12-8-22-62(66)64-24-10-14-28-68(64)76(72)79-74(60)70;1-3-13-44(14-4-1)46-25-33-54(34-26-46)69(55-35-27-47(28-36-55)45-15-5-2-6-16-45)56-37-29-48(30-38-56)51-41-52(59-21-11-23-61-63-39-31-49-17-7-9-19-57(49)65(63)70-67(59)61)43-53(42-51)60-22-12-24-62-64-40-32-50-18-8-10-20-58(50)66(64)71-68(60)62/h1-47H;1-43H. The third-order valence-electron chi connectivity index (χ3n) is 30.5. The first-order valence-electron chi connectivity index (χ1n) is 51.3. The van der Waals surface area contributed by atoms with E-state index in [1.54, 1.807) is 0 Å². The summed E-state index contributed by atoms with van der Waals surface area (Å²) in [6, 6.07) is 199. The van der Waals surface area contributed by atoms with Gasteiger partial charge in [-0.1, -0.05) is 437 Å². The lowest BCUT2D eigenvalue weighted by Crippen LogP contribution is -2.09. The molecular weight excluding hydrogens is 1850 g/mol. The van der Waals surface area contributed by atoms with Crippen LogP contribution in [0.25, 0.3) is 260 Å². The first-order chi connectivity index (χ1) is 74.4. The van der Waals surface area contributed by atoms with E-state index in [2.05, 4.69) is 556 Å². The summed E-state index contributed by atoms with van der Waals surface area (Å²) in [4.78, 5) is 4.72. The van der Waals surface area contributed by atoms with Gasteiger partial charge in [0.15, 0.2) is 0 Å². The Labute approximate surface area is 874 Å². The van der Waals surface area contributed by atoms with Crippen molar-refractivity contribution in [3.8, 4) is 111 Å². The maximum absolute atomic E-state index is 7.21. The van der Waals surface area contributed by atoms with Crippen LogP contribution in [-0.4, -0.2) is 0 Å². The summed E-state index contributed by atoms with van der Waals surface area (Å²) in [7, 11) is 0. The van der Waals surface area contributed by atoms with E-state index in [4.69, 9.17) is 8.83 Å². The van der Waals surface area contributed by atoms with E-state index in [1.165, 1.54) is 172 Å². The van der Waals surface area contributed by atoms with Gasteiger partial charge in [0.25, 0.3) is 0 Å². The van der Waals surface area contributed by atoms with Gasteiger partial charge in [0, 0.05) is 118 Å². The minimum Gasteiger partial charge on any atom is -0.455 e. The summed E-state index contributed by atoms with van der Waals surface area (Å²) >= 11 is 3.84. The van der Waals surface area contributed by atoms with Gasteiger partial charge in [-0.2, -0.15) is 0 Å². The predicted molar refractivity (Wildman–Crippen MR) is 642 cm³/mol. The molecule has 30 rings (SSSR count). The number of furan rings is 2. The minimum absolute atomic E-state index is 0.865. The van der Waals surface area contributed by atoms with Crippen LogP contribution in [0.5, 0.6) is 0 Å². The lowest BCUT2D eigenvalue weighted by atomic mass is 9.91. The Morgan fingerprint density at radius 1 is 0.127 bits per heavy atom. The van der Waals surface area contributed by atoms with E-state index in [-0.39, 0.29) is 0 Å². The third-order valence-corrected chi connectivity index (χ3v) is 33.1. The second kappa shape index (κ2) is 36.6. The van der Waals surface area contributed by atoms with Crippen LogP contribution in [0.1, 0.15) is 0 Å². The molecular formula is C144H90N2O2S2. The number of thiophene rings is 2. The summed E-state index contributed by atoms with van der Waals surface area (Å²) in [5.41, 5.74) is 33.2. The molecule has 6 heteroatoms. The van der Waals surface area contributed by atoms with E-state index >= 15 is 0 Å². The molecule has 0 atom stereocenters. The van der Waals surface area contributed by atoms with E-state index in [1.807, 2.05) is 22.7 Å². The number of para-hydroxylation sites is 2. The van der Waals surface area contributed by atoms with Crippen molar-refractivity contribution in [1.82, 2.24) is 0 Å². The van der Waals surface area contributed by atoms with E-state index in [0.29, 0.717) is 0 Å². The Hall–Kier alpha value is -19.1. The van der Waals surface area contributed by atoms with Crippen molar-refractivity contribution in [2.24, 2.45) is 0 Å². The lowest BCUT2D eigenvalue weighted by Gasteiger charge is -2.26. The van der Waals surface area contributed by atoms with Crippen LogP contribution in [0.3, 0.4) is 0 Å². The zero-order chi connectivity index (χ0) is 98.8. The fourth-order valence-corrected chi connectivity index (χ4v) is 26.0. The number of fused-ring (bicyclic) bond motifs is 26. The molecule has 0 aliphatic rings. The van der Waals surface area contributed by atoms with Crippen LogP contribution in [0.15, 0.2) is 555 Å². The Bertz CT molecular complexity index is 9990. The average Bonchev–Trinajstić information content (AvgIpc) is 1.57. The van der Waals surface area contributed by atoms with Crippen LogP contribution in [0, 0.1) is 0 Å². The van der Waals surface area contributed by atoms with Gasteiger partial charge >= 0.3 is 0 Å². The third kappa shape index (κ3) is 15.2. The molecule has 0 saturated carbocycles. The topological polar surface area (TPSA) is 32.8 Å². The van der Waals surface area contributed by atoms with Crippen LogP contribution < -0.4 is 9.80 Å². The zero-order valence-electron chi connectivity index (χ0n) is 81.5. The molecule has 0 unspecified atom stereocenters. The summed E-state index contributed by atoms with van der Waals surface area (Å²) in [6.45, 7) is 0. The van der Waals surface area contributed by atoms with Crippen molar-refractivity contribution < 1.29 is 8.83 Å². The molecule has 0 bridgehead atoms. The summed E-state index contributed by atoms with van der Waals surface area (Å²) in [5.74, 6) is 0. The number of rotatable bonds is 16. The molecule has 700 valence electrons. The van der Waals surface area contributed by atoms with Crippen molar-refractivity contribution in [2.75, 3.05) is 9.80 Å². The molecule has 0 fully saturated rings. The smallest absolute Gasteiger partial charge is 0.143 e. The van der Waals surface area contributed by atoms with Crippen molar-refractivity contribution in [3.05, 3.63) is 546 Å². The first-order valence-corrected chi connectivity index (χ1v) is 52.9. The zero-order valence-corrected chi connectivity index (χ0v) is 83.1. The van der Waals surface area contributed by atoms with Crippen molar-refractivity contribution in [2.45, 2.75) is 0 Å². The van der Waals surface area contributed by atoms with Gasteiger partial charge in [-0.05, 0) is 263 Å². The van der Waals surface area contributed by atoms with Crippen molar-refractivity contribution in [3.63, 3.8) is 0 Å². The number of nitrogens with zero attached hydrogens (tertiary/aromatic N) is 2. The maximum Gasteiger partial charge on any atom is 0.143 e. The number of benzene rings is 26. The molecule has 0 radical (unpaired) electrons. The fraction of sp³-hybridized carbons (Fsp3) is 0. The molecule has 0 spiro atoms. The maximum atomic E-state index is 7.21. The SMILES string of the molecule is c1ccc(-c2ccc(N(c3ccc(-c4ccccc4)cc3)c3ccc(-c4cc(-c5cccc6c5oc5c7ccccc7c7ccccc7c65)cc(-c5cccc6c5oc5c7ccccc7c7ccccc7c65)c4)cc3)cc2)cc1.c1ccc(-c2ccc(N(c3ccc(-c4ccccc4)cc3)c3ccc(-c4cc(-c5cccc6c5sc5c7ccccc7ccc65)cc(-c5cccc6c5sc5c7ccccc7ccc65)c4)cc3)cc2)cc1. The molecule has 0 aliphatic heterocycles. The highest BCUT2D eigenvalue weighted by molar-refractivity contribution is 7.27. The second-order valence-electron chi connectivity index (χ2n) is 39.1. The van der Waals surface area contributed by atoms with E-state index in [0.717, 1.165) is 122 Å². The molecule has 0 amide bonds. The van der Waals surface area contributed by atoms with Crippen molar-refractivity contribution >= 4 is 206 Å². The Morgan fingerprint density at radius 3 is 0.660 bits per heavy atom. The Kier molecular flexibility index (Phi) is 21.3. The number of anilines is 6. The highest BCUT2D eigenvalue weighted by Gasteiger charge is 2.27. The second-order valence-corrected chi connectivity index (χ2v) is 41.1. The quantitative estimate of drug-likeness (QED) is 0.0903. The van der Waals surface area contributed by atoms with Gasteiger partial charge in [0.2, 0.25) is 0 Å². The van der Waals surface area contributed by atoms with Gasteiger partial charge in [-0.3, -0.25) is 0 Å². The van der Waals surface area contributed by atoms with Crippen LogP contribution in [0.2, 0.25) is 0 Å². The van der Waals surface area contributed by atoms with Gasteiger partial charge in [0.05, 0.1) is 0 Å². The van der Waals surface area contributed by atoms with Crippen molar-refractivity contribution in [1.29, 1.82) is 0 Å². The molecule has 26 aromatic carbocycles. The van der Waals surface area contributed by atoms with Crippen LogP contribution in [0.4, 0.5) is 34.1 Å². The molecule has 30 aromatic rings. The number of hydrogen-bond acceptors (Lipinski definition) is 6. The Morgan fingerprint density at radius 2 is 0.347 bits per heavy atom. The minimum atomic E-state index is 0.865. The van der Waals surface area contributed by atoms with Gasteiger partial charge < -0.3 is 18.6 Å². The monoisotopic (exact) mass is 1940 g/mol. The predicted octanol–water partition coefficient (Wildman–Crippen LogP) is 42.4. The normalized spacial score (nSPS) is 11.7. The molecule has 4 aromatic heterocycles. The summed E-state index contributed by atoms with van der Waals surface area (Å²) in [5, 5.41) is 24.3. The van der Waals surface area contributed by atoms with Crippen LogP contribution >= 0.6 is 22.7 Å². The van der Waals surface area contributed by atoms with E-state index < -0.39 is 0 Å². The van der Waals surface area contributed by atoms with Gasteiger partial charge in [-0.15, -0.1) is 22.7 Å². The molecule has 4 nitrogen and oxygen atoms in total. The molecule has 0 N–H and O–H groups in total. The molecule has 0 aliphatic carbocycles. The summed E-state index contributed by atoms with van der Waals surface area (Å²) < 4.78 is 19.7. The first kappa shape index (κ1) is 87.5. The fourth-order valence-electron chi connectivity index (χ4n) is 23.3. The van der Waals surface area contributed by atoms with E-state index in [9.17, 15) is 0 Å². The molecule has 0 saturated heterocycles. The number of hydrogen-bond donors (Lipinski definition) is 0. The van der Waals surface area contributed by atoms with Gasteiger partial charge in [0.1, 0.15) is 22.3 Å². The highest BCUT2D eigenvalue weighted by Crippen LogP contribution is 2.53. The van der Waals surface area contributed by atoms with Crippen LogP contribution in [-0.2, 0) is 0 Å².